The van der Waals surface area contributed by atoms with Crippen LogP contribution in [0.1, 0.15) is 58.8 Å². The molecule has 0 aromatic carbocycles. The van der Waals surface area contributed by atoms with E-state index >= 15 is 0 Å². The first kappa shape index (κ1) is 13.4. The first-order chi connectivity index (χ1) is 8.35. The fourth-order valence-electron chi connectivity index (χ4n) is 3.21. The van der Waals surface area contributed by atoms with Gasteiger partial charge in [-0.25, -0.2) is 0 Å². The first-order valence-corrected chi connectivity index (χ1v) is 7.82. The summed E-state index contributed by atoms with van der Waals surface area (Å²) in [6.07, 6.45) is 9.78. The molecule has 17 heavy (non-hydrogen) atoms. The van der Waals surface area contributed by atoms with Crippen molar-refractivity contribution in [2.24, 2.45) is 5.92 Å². The standard InChI is InChI=1S/C15H30N2/c1-3-5-6-10-17-12-14(7-4-2)16-11-15(17)13-8-9-13/h13-16H,3-12H2,1-2H3. The smallest absolute Gasteiger partial charge is 0.0249 e. The minimum atomic E-state index is 0.761. The van der Waals surface area contributed by atoms with Crippen molar-refractivity contribution in [2.75, 3.05) is 19.6 Å². The normalized spacial score (nSPS) is 30.7. The first-order valence-electron chi connectivity index (χ1n) is 7.82. The lowest BCUT2D eigenvalue weighted by atomic mass is 10.0. The monoisotopic (exact) mass is 238 g/mol. The van der Waals surface area contributed by atoms with Gasteiger partial charge in [-0.1, -0.05) is 33.1 Å². The topological polar surface area (TPSA) is 15.3 Å². The molecular formula is C15H30N2. The Hall–Kier alpha value is -0.0800. The van der Waals surface area contributed by atoms with E-state index in [2.05, 4.69) is 24.1 Å². The Morgan fingerprint density at radius 1 is 1.12 bits per heavy atom. The van der Waals surface area contributed by atoms with Gasteiger partial charge in [0.1, 0.15) is 0 Å². The van der Waals surface area contributed by atoms with E-state index in [1.54, 1.807) is 0 Å². The maximum Gasteiger partial charge on any atom is 0.0249 e. The summed E-state index contributed by atoms with van der Waals surface area (Å²) < 4.78 is 0. The second-order valence-corrected chi connectivity index (χ2v) is 6.00. The molecule has 0 bridgehead atoms. The van der Waals surface area contributed by atoms with Gasteiger partial charge in [0, 0.05) is 25.2 Å². The zero-order chi connectivity index (χ0) is 12.1. The van der Waals surface area contributed by atoms with Crippen molar-refractivity contribution in [1.29, 1.82) is 0 Å². The molecule has 0 aromatic rings. The molecule has 2 unspecified atom stereocenters. The lowest BCUT2D eigenvalue weighted by Crippen LogP contribution is -2.57. The van der Waals surface area contributed by atoms with Crippen molar-refractivity contribution in [3.05, 3.63) is 0 Å². The minimum absolute atomic E-state index is 0.761. The van der Waals surface area contributed by atoms with Gasteiger partial charge in [-0.15, -0.1) is 0 Å². The molecule has 2 heteroatoms. The second kappa shape index (κ2) is 6.75. The summed E-state index contributed by atoms with van der Waals surface area (Å²) >= 11 is 0. The van der Waals surface area contributed by atoms with Crippen LogP contribution in [-0.4, -0.2) is 36.6 Å². The zero-order valence-corrected chi connectivity index (χ0v) is 11.8. The van der Waals surface area contributed by atoms with Gasteiger partial charge < -0.3 is 5.32 Å². The van der Waals surface area contributed by atoms with Gasteiger partial charge in [-0.2, -0.15) is 0 Å². The van der Waals surface area contributed by atoms with Crippen molar-refractivity contribution in [1.82, 2.24) is 10.2 Å². The van der Waals surface area contributed by atoms with Crippen LogP contribution in [0.15, 0.2) is 0 Å². The van der Waals surface area contributed by atoms with Crippen LogP contribution in [0, 0.1) is 5.92 Å². The highest BCUT2D eigenvalue weighted by molar-refractivity contribution is 4.94. The molecule has 0 radical (unpaired) electrons. The Kier molecular flexibility index (Phi) is 5.30. The van der Waals surface area contributed by atoms with Gasteiger partial charge in [0.15, 0.2) is 0 Å². The molecular weight excluding hydrogens is 208 g/mol. The Bertz CT molecular complexity index is 213. The summed E-state index contributed by atoms with van der Waals surface area (Å²) in [6.45, 7) is 8.50. The van der Waals surface area contributed by atoms with Crippen LogP contribution >= 0.6 is 0 Å². The van der Waals surface area contributed by atoms with Crippen molar-refractivity contribution >= 4 is 0 Å². The molecule has 2 rings (SSSR count). The summed E-state index contributed by atoms with van der Waals surface area (Å²) in [5.41, 5.74) is 0. The van der Waals surface area contributed by atoms with Crippen molar-refractivity contribution in [3.8, 4) is 0 Å². The molecule has 1 aliphatic heterocycles. The van der Waals surface area contributed by atoms with E-state index in [0.29, 0.717) is 0 Å². The quantitative estimate of drug-likeness (QED) is 0.686. The SMILES string of the molecule is CCCCCN1CC(CCC)NCC1C1CC1. The predicted octanol–water partition coefficient (Wildman–Crippen LogP) is 3.03. The summed E-state index contributed by atoms with van der Waals surface area (Å²) in [4.78, 5) is 2.81. The third-order valence-electron chi connectivity index (χ3n) is 4.39. The molecule has 2 nitrogen and oxygen atoms in total. The van der Waals surface area contributed by atoms with Gasteiger partial charge >= 0.3 is 0 Å². The average Bonchev–Trinajstić information content (AvgIpc) is 3.14. The molecule has 1 aliphatic carbocycles. The van der Waals surface area contributed by atoms with E-state index < -0.39 is 0 Å². The Morgan fingerprint density at radius 2 is 1.94 bits per heavy atom. The number of hydrogen-bond acceptors (Lipinski definition) is 2. The number of rotatable bonds is 7. The number of nitrogens with one attached hydrogen (secondary N) is 1. The van der Waals surface area contributed by atoms with E-state index in [0.717, 1.165) is 18.0 Å². The minimum Gasteiger partial charge on any atom is -0.311 e. The van der Waals surface area contributed by atoms with Gasteiger partial charge in [-0.3, -0.25) is 4.90 Å². The summed E-state index contributed by atoms with van der Waals surface area (Å²) in [6, 6.07) is 1.62. The molecule has 1 saturated heterocycles. The zero-order valence-electron chi connectivity index (χ0n) is 11.8. The number of hydrogen-bond donors (Lipinski definition) is 1. The maximum atomic E-state index is 3.77. The van der Waals surface area contributed by atoms with Crippen LogP contribution in [0.4, 0.5) is 0 Å². The van der Waals surface area contributed by atoms with E-state index in [4.69, 9.17) is 0 Å². The summed E-state index contributed by atoms with van der Waals surface area (Å²) in [5, 5.41) is 3.77. The Morgan fingerprint density at radius 3 is 2.59 bits per heavy atom. The van der Waals surface area contributed by atoms with Gasteiger partial charge in [-0.05, 0) is 38.1 Å². The van der Waals surface area contributed by atoms with Crippen LogP contribution in [0.3, 0.4) is 0 Å². The Balaban J connectivity index is 1.80. The lowest BCUT2D eigenvalue weighted by Gasteiger charge is -2.41. The van der Waals surface area contributed by atoms with Crippen molar-refractivity contribution < 1.29 is 0 Å². The highest BCUT2D eigenvalue weighted by atomic mass is 15.2. The molecule has 0 spiro atoms. The van der Waals surface area contributed by atoms with Crippen LogP contribution in [0.25, 0.3) is 0 Å². The summed E-state index contributed by atoms with van der Waals surface area (Å²) in [5.74, 6) is 1.02. The van der Waals surface area contributed by atoms with E-state index in [-0.39, 0.29) is 0 Å². The van der Waals surface area contributed by atoms with Gasteiger partial charge in [0.25, 0.3) is 0 Å². The van der Waals surface area contributed by atoms with Crippen LogP contribution in [0.2, 0.25) is 0 Å². The molecule has 0 aromatic heterocycles. The van der Waals surface area contributed by atoms with Gasteiger partial charge in [0.2, 0.25) is 0 Å². The highest BCUT2D eigenvalue weighted by Gasteiger charge is 2.38. The third kappa shape index (κ3) is 3.96. The number of nitrogens with zero attached hydrogens (tertiary/aromatic N) is 1. The van der Waals surface area contributed by atoms with Crippen LogP contribution in [0.5, 0.6) is 0 Å². The molecule has 1 N–H and O–H groups in total. The van der Waals surface area contributed by atoms with E-state index in [1.807, 2.05) is 0 Å². The summed E-state index contributed by atoms with van der Waals surface area (Å²) in [7, 11) is 0. The lowest BCUT2D eigenvalue weighted by molar-refractivity contribution is 0.109. The molecule has 0 amide bonds. The predicted molar refractivity (Wildman–Crippen MR) is 74.3 cm³/mol. The van der Waals surface area contributed by atoms with E-state index in [1.165, 1.54) is 64.6 Å². The second-order valence-electron chi connectivity index (χ2n) is 6.00. The molecule has 1 heterocycles. The van der Waals surface area contributed by atoms with Crippen LogP contribution < -0.4 is 5.32 Å². The largest absolute Gasteiger partial charge is 0.311 e. The average molecular weight is 238 g/mol. The van der Waals surface area contributed by atoms with Gasteiger partial charge in [0.05, 0.1) is 0 Å². The molecule has 2 fully saturated rings. The molecule has 2 aliphatic rings. The van der Waals surface area contributed by atoms with Crippen molar-refractivity contribution in [3.63, 3.8) is 0 Å². The molecule has 1 saturated carbocycles. The molecule has 100 valence electrons. The highest BCUT2D eigenvalue weighted by Crippen LogP contribution is 2.36. The number of piperazine rings is 1. The third-order valence-corrected chi connectivity index (χ3v) is 4.39. The van der Waals surface area contributed by atoms with Crippen molar-refractivity contribution in [2.45, 2.75) is 70.9 Å². The molecule has 2 atom stereocenters. The number of unbranched alkanes of at least 4 members (excludes halogenated alkanes) is 2. The van der Waals surface area contributed by atoms with E-state index in [9.17, 15) is 0 Å². The Labute approximate surface area is 107 Å². The fraction of sp³-hybridized carbons (Fsp3) is 1.00. The maximum absolute atomic E-state index is 3.77. The van der Waals surface area contributed by atoms with Crippen LogP contribution in [-0.2, 0) is 0 Å². The fourth-order valence-corrected chi connectivity index (χ4v) is 3.21.